The quantitative estimate of drug-likeness (QED) is 0.0617. The van der Waals surface area contributed by atoms with Gasteiger partial charge in [0.25, 0.3) is 5.69 Å². The van der Waals surface area contributed by atoms with Gasteiger partial charge in [0.05, 0.1) is 43.6 Å². The minimum atomic E-state index is -1.19. The van der Waals surface area contributed by atoms with Crippen molar-refractivity contribution in [2.75, 3.05) is 27.4 Å². The van der Waals surface area contributed by atoms with Gasteiger partial charge >= 0.3 is 12.0 Å². The molecule has 4 rings (SSSR count). The summed E-state index contributed by atoms with van der Waals surface area (Å²) < 4.78 is 27.7. The molecule has 0 radical (unpaired) electrons. The molecular formula is C32H35N5O10. The predicted octanol–water partition coefficient (Wildman–Crippen LogP) is 3.70. The fourth-order valence-corrected chi connectivity index (χ4v) is 4.58. The third-order valence-electron chi connectivity index (χ3n) is 6.84. The highest BCUT2D eigenvalue weighted by molar-refractivity contribution is 5.95. The van der Waals surface area contributed by atoms with Crippen LogP contribution in [0.15, 0.2) is 77.0 Å². The number of carbonyl (C=O) groups is 2. The highest BCUT2D eigenvalue weighted by atomic mass is 16.6. The Kier molecular flexibility index (Phi) is 11.6. The van der Waals surface area contributed by atoms with Crippen molar-refractivity contribution >= 4 is 23.9 Å². The standard InChI is InChI=1S/C32H35N5O10/c1-5-45-27-15-22(30-29(31(39)44-4)19(2)34-32(40)35-30)9-13-25(27)47-18-28(38)36-33-16-21-8-12-24(26(14-21)43-3)46-17-20-6-10-23(11-7-20)37(41)42/h6-16,28,30,36,38H,5,17-18H2,1-4H3,(H2,34,35,40)/b33-16-/t28-,30+/m1/s1. The van der Waals surface area contributed by atoms with Crippen molar-refractivity contribution in [3.05, 3.63) is 98.7 Å². The second-order valence-corrected chi connectivity index (χ2v) is 10.0. The summed E-state index contributed by atoms with van der Waals surface area (Å²) in [7, 11) is 2.76. The van der Waals surface area contributed by atoms with E-state index in [1.165, 1.54) is 32.6 Å². The molecule has 1 heterocycles. The summed E-state index contributed by atoms with van der Waals surface area (Å²) >= 11 is 0. The van der Waals surface area contributed by atoms with Gasteiger partial charge in [-0.05, 0) is 73.0 Å². The number of rotatable bonds is 15. The maximum absolute atomic E-state index is 12.4. The van der Waals surface area contributed by atoms with Crippen LogP contribution in [0.4, 0.5) is 10.5 Å². The number of methoxy groups -OCH3 is 2. The summed E-state index contributed by atoms with van der Waals surface area (Å²) in [5.74, 6) is 1.000. The van der Waals surface area contributed by atoms with Crippen molar-refractivity contribution in [1.82, 2.24) is 16.1 Å². The number of hydrazone groups is 1. The highest BCUT2D eigenvalue weighted by Crippen LogP contribution is 2.35. The molecule has 0 saturated heterocycles. The second kappa shape index (κ2) is 15.9. The lowest BCUT2D eigenvalue weighted by Crippen LogP contribution is -2.45. The molecule has 2 amide bonds. The number of nitrogens with zero attached hydrogens (tertiary/aromatic N) is 2. The van der Waals surface area contributed by atoms with E-state index in [0.717, 1.165) is 5.56 Å². The van der Waals surface area contributed by atoms with Gasteiger partial charge in [-0.2, -0.15) is 5.10 Å². The minimum Gasteiger partial charge on any atom is -0.493 e. The van der Waals surface area contributed by atoms with Crippen LogP contribution in [-0.4, -0.2) is 61.9 Å². The molecule has 2 atom stereocenters. The van der Waals surface area contributed by atoms with Crippen LogP contribution in [0, 0.1) is 10.1 Å². The number of amides is 2. The molecule has 0 aromatic heterocycles. The number of nitrogens with one attached hydrogen (secondary N) is 3. The van der Waals surface area contributed by atoms with Crippen LogP contribution in [0.5, 0.6) is 23.0 Å². The number of non-ortho nitro benzene ring substituents is 1. The Balaban J connectivity index is 1.35. The van der Waals surface area contributed by atoms with Crippen LogP contribution in [0.2, 0.25) is 0 Å². The maximum atomic E-state index is 12.4. The summed E-state index contributed by atoms with van der Waals surface area (Å²) in [4.78, 5) is 35.0. The average Bonchev–Trinajstić information content (AvgIpc) is 3.06. The van der Waals surface area contributed by atoms with Gasteiger partial charge in [0.1, 0.15) is 13.2 Å². The SMILES string of the molecule is CCOc1cc([C@@H]2NC(=O)NC(C)=C2C(=O)OC)ccc1OC[C@@H](O)N/N=C\c1ccc(OCc2ccc([N+](=O)[O-])cc2)c(OC)c1. The number of hydrogen-bond acceptors (Lipinski definition) is 12. The van der Waals surface area contributed by atoms with Crippen LogP contribution in [0.1, 0.15) is 36.6 Å². The molecule has 0 spiro atoms. The Morgan fingerprint density at radius 1 is 1.04 bits per heavy atom. The smallest absolute Gasteiger partial charge is 0.337 e. The van der Waals surface area contributed by atoms with Gasteiger partial charge in [0, 0.05) is 17.8 Å². The molecule has 4 N–H and O–H groups in total. The lowest BCUT2D eigenvalue weighted by Gasteiger charge is -2.28. The molecule has 15 nitrogen and oxygen atoms in total. The number of aliphatic hydroxyl groups excluding tert-OH is 1. The number of nitro groups is 1. The van der Waals surface area contributed by atoms with E-state index in [2.05, 4.69) is 21.2 Å². The first-order valence-electron chi connectivity index (χ1n) is 14.4. The number of carbonyl (C=O) groups excluding carboxylic acids is 2. The van der Waals surface area contributed by atoms with Crippen molar-refractivity contribution in [1.29, 1.82) is 0 Å². The van der Waals surface area contributed by atoms with Gasteiger partial charge < -0.3 is 39.4 Å². The van der Waals surface area contributed by atoms with Crippen LogP contribution in [0.25, 0.3) is 0 Å². The summed E-state index contributed by atoms with van der Waals surface area (Å²) in [6.07, 6.45) is 0.292. The first kappa shape index (κ1) is 34.1. The van der Waals surface area contributed by atoms with Gasteiger partial charge in [-0.15, -0.1) is 0 Å². The molecule has 0 bridgehead atoms. The molecule has 3 aromatic rings. The summed E-state index contributed by atoms with van der Waals surface area (Å²) in [6, 6.07) is 14.9. The zero-order valence-corrected chi connectivity index (χ0v) is 26.1. The van der Waals surface area contributed by atoms with E-state index in [1.54, 1.807) is 62.4 Å². The monoisotopic (exact) mass is 649 g/mol. The van der Waals surface area contributed by atoms with Gasteiger partial charge in [-0.25, -0.2) is 9.59 Å². The third kappa shape index (κ3) is 8.88. The number of nitro benzene ring substituents is 1. The van der Waals surface area contributed by atoms with Gasteiger partial charge in [-0.3, -0.25) is 15.5 Å². The molecule has 1 aliphatic heterocycles. The van der Waals surface area contributed by atoms with Crippen molar-refractivity contribution in [2.24, 2.45) is 5.10 Å². The Hall–Kier alpha value is -5.83. The molecule has 0 fully saturated rings. The van der Waals surface area contributed by atoms with Gasteiger partial charge in [-0.1, -0.05) is 6.07 Å². The number of esters is 1. The normalized spacial score (nSPS) is 14.9. The molecule has 3 aromatic carbocycles. The largest absolute Gasteiger partial charge is 0.493 e. The third-order valence-corrected chi connectivity index (χ3v) is 6.84. The fraction of sp³-hybridized carbons (Fsp3) is 0.281. The summed E-state index contributed by atoms with van der Waals surface area (Å²) in [5, 5.41) is 30.7. The Morgan fingerprint density at radius 2 is 1.77 bits per heavy atom. The Bertz CT molecular complexity index is 1660. The van der Waals surface area contributed by atoms with E-state index < -0.39 is 29.2 Å². The van der Waals surface area contributed by atoms with E-state index >= 15 is 0 Å². The molecule has 47 heavy (non-hydrogen) atoms. The number of hydrogen-bond donors (Lipinski definition) is 4. The van der Waals surface area contributed by atoms with Crippen LogP contribution >= 0.6 is 0 Å². The summed E-state index contributed by atoms with van der Waals surface area (Å²) in [5.41, 5.74) is 5.19. The topological polar surface area (TPSA) is 192 Å². The van der Waals surface area contributed by atoms with E-state index in [0.29, 0.717) is 46.4 Å². The van der Waals surface area contributed by atoms with E-state index in [-0.39, 0.29) is 24.5 Å². The van der Waals surface area contributed by atoms with E-state index in [4.69, 9.17) is 23.7 Å². The van der Waals surface area contributed by atoms with Gasteiger partial charge in [0.15, 0.2) is 29.2 Å². The van der Waals surface area contributed by atoms with Crippen molar-refractivity contribution < 1.29 is 43.3 Å². The summed E-state index contributed by atoms with van der Waals surface area (Å²) in [6.45, 7) is 3.72. The zero-order valence-electron chi connectivity index (χ0n) is 26.1. The van der Waals surface area contributed by atoms with Crippen LogP contribution in [-0.2, 0) is 16.1 Å². The predicted molar refractivity (Wildman–Crippen MR) is 169 cm³/mol. The molecule has 0 unspecified atom stereocenters. The lowest BCUT2D eigenvalue weighted by atomic mass is 9.95. The minimum absolute atomic E-state index is 0.000701. The molecule has 0 saturated carbocycles. The van der Waals surface area contributed by atoms with E-state index in [9.17, 15) is 24.8 Å². The highest BCUT2D eigenvalue weighted by Gasteiger charge is 2.32. The van der Waals surface area contributed by atoms with Crippen molar-refractivity contribution in [2.45, 2.75) is 32.7 Å². The average molecular weight is 650 g/mol. The first-order chi connectivity index (χ1) is 22.6. The van der Waals surface area contributed by atoms with Crippen LogP contribution in [0.3, 0.4) is 0 Å². The number of benzene rings is 3. The van der Waals surface area contributed by atoms with Crippen molar-refractivity contribution in [3.8, 4) is 23.0 Å². The zero-order chi connectivity index (χ0) is 33.9. The molecular weight excluding hydrogens is 614 g/mol. The Morgan fingerprint density at radius 3 is 2.45 bits per heavy atom. The molecule has 1 aliphatic rings. The molecule has 0 aliphatic carbocycles. The molecule has 248 valence electrons. The number of aliphatic hydroxyl groups is 1. The number of ether oxygens (including phenoxy) is 5. The molecule has 15 heteroatoms. The van der Waals surface area contributed by atoms with Crippen molar-refractivity contribution in [3.63, 3.8) is 0 Å². The second-order valence-electron chi connectivity index (χ2n) is 10.0. The lowest BCUT2D eigenvalue weighted by molar-refractivity contribution is -0.384. The first-order valence-corrected chi connectivity index (χ1v) is 14.4. The number of urea groups is 1. The Labute approximate surface area is 270 Å². The van der Waals surface area contributed by atoms with Crippen LogP contribution < -0.4 is 35.0 Å². The number of allylic oxidation sites excluding steroid dienone is 1. The van der Waals surface area contributed by atoms with E-state index in [1.807, 2.05) is 0 Å². The maximum Gasteiger partial charge on any atom is 0.337 e. The fourth-order valence-electron chi connectivity index (χ4n) is 4.58. The van der Waals surface area contributed by atoms with Gasteiger partial charge in [0.2, 0.25) is 0 Å².